The number of aryl methyl sites for hydroxylation is 1. The predicted molar refractivity (Wildman–Crippen MR) is 75.9 cm³/mol. The summed E-state index contributed by atoms with van der Waals surface area (Å²) in [5, 5.41) is 11.6. The van der Waals surface area contributed by atoms with Crippen LogP contribution in [0.3, 0.4) is 0 Å². The van der Waals surface area contributed by atoms with Gasteiger partial charge in [0.1, 0.15) is 5.69 Å². The summed E-state index contributed by atoms with van der Waals surface area (Å²) in [5.41, 5.74) is 2.33. The summed E-state index contributed by atoms with van der Waals surface area (Å²) in [6, 6.07) is 2.63. The van der Waals surface area contributed by atoms with Gasteiger partial charge in [-0.05, 0) is 31.0 Å². The molecule has 0 saturated carbocycles. The Bertz CT molecular complexity index is 499. The number of nitrogens with one attached hydrogen (secondary N) is 1. The number of hydrogen-bond acceptors (Lipinski definition) is 3. The van der Waals surface area contributed by atoms with Crippen LogP contribution in [0.4, 0.5) is 0 Å². The van der Waals surface area contributed by atoms with Crippen LogP contribution in [0.15, 0.2) is 24.7 Å². The third kappa shape index (κ3) is 3.67. The van der Waals surface area contributed by atoms with E-state index >= 15 is 0 Å². The minimum atomic E-state index is 0.447. The maximum absolute atomic E-state index is 4.11. The smallest absolute Gasteiger partial charge is 0.102 e. The molecule has 0 fully saturated rings. The fourth-order valence-corrected chi connectivity index (χ4v) is 2.24. The van der Waals surface area contributed by atoms with Gasteiger partial charge in [0.2, 0.25) is 0 Å². The molecule has 0 amide bonds. The third-order valence-corrected chi connectivity index (χ3v) is 3.22. The summed E-state index contributed by atoms with van der Waals surface area (Å²) in [7, 11) is 1.89. The van der Waals surface area contributed by atoms with Gasteiger partial charge in [-0.2, -0.15) is 0 Å². The minimum Gasteiger partial charge on any atom is -0.348 e. The molecule has 104 valence electrons. The van der Waals surface area contributed by atoms with Crippen LogP contribution in [0.5, 0.6) is 0 Å². The topological polar surface area (TPSA) is 47.7 Å². The summed E-state index contributed by atoms with van der Waals surface area (Å²) in [4.78, 5) is 0. The van der Waals surface area contributed by atoms with Crippen molar-refractivity contribution in [2.45, 2.75) is 39.3 Å². The van der Waals surface area contributed by atoms with Gasteiger partial charge in [0, 0.05) is 31.7 Å². The highest BCUT2D eigenvalue weighted by Crippen LogP contribution is 2.17. The highest BCUT2D eigenvalue weighted by Gasteiger charge is 2.10. The van der Waals surface area contributed by atoms with Crippen LogP contribution in [0.2, 0.25) is 0 Å². The Kier molecular flexibility index (Phi) is 4.74. The maximum atomic E-state index is 4.11. The Morgan fingerprint density at radius 3 is 2.79 bits per heavy atom. The molecule has 2 aromatic heterocycles. The highest BCUT2D eigenvalue weighted by molar-refractivity contribution is 5.16. The van der Waals surface area contributed by atoms with Crippen molar-refractivity contribution in [2.75, 3.05) is 6.54 Å². The molecule has 1 N–H and O–H groups in total. The van der Waals surface area contributed by atoms with E-state index in [1.165, 1.54) is 5.56 Å². The summed E-state index contributed by atoms with van der Waals surface area (Å²) in [6.07, 6.45) is 8.53. The molecule has 0 aromatic carbocycles. The Hall–Kier alpha value is -1.62. The molecule has 2 heterocycles. The second kappa shape index (κ2) is 6.52. The lowest BCUT2D eigenvalue weighted by Gasteiger charge is -2.14. The first-order valence-electron chi connectivity index (χ1n) is 6.97. The fourth-order valence-electron chi connectivity index (χ4n) is 2.24. The lowest BCUT2D eigenvalue weighted by Crippen LogP contribution is -2.21. The van der Waals surface area contributed by atoms with Crippen molar-refractivity contribution >= 4 is 0 Å². The van der Waals surface area contributed by atoms with E-state index in [1.807, 2.05) is 13.2 Å². The van der Waals surface area contributed by atoms with Gasteiger partial charge in [-0.25, -0.2) is 0 Å². The van der Waals surface area contributed by atoms with Crippen molar-refractivity contribution in [1.82, 2.24) is 24.9 Å². The largest absolute Gasteiger partial charge is 0.348 e. The molecule has 1 atom stereocenters. The van der Waals surface area contributed by atoms with Crippen molar-refractivity contribution in [3.05, 3.63) is 35.9 Å². The predicted octanol–water partition coefficient (Wildman–Crippen LogP) is 2.12. The first-order valence-corrected chi connectivity index (χ1v) is 6.97. The van der Waals surface area contributed by atoms with Crippen molar-refractivity contribution in [1.29, 1.82) is 0 Å². The van der Waals surface area contributed by atoms with E-state index in [1.54, 1.807) is 4.68 Å². The molecule has 2 rings (SSSR count). The number of nitrogens with zero attached hydrogens (tertiary/aromatic N) is 4. The third-order valence-electron chi connectivity index (χ3n) is 3.22. The second-order valence-corrected chi connectivity index (χ2v) is 4.92. The van der Waals surface area contributed by atoms with Gasteiger partial charge >= 0.3 is 0 Å². The average Bonchev–Trinajstić information content (AvgIpc) is 3.01. The number of aromatic nitrogens is 4. The van der Waals surface area contributed by atoms with E-state index < -0.39 is 0 Å². The Morgan fingerprint density at radius 2 is 2.16 bits per heavy atom. The molecular formula is C14H23N5. The van der Waals surface area contributed by atoms with Crippen molar-refractivity contribution < 1.29 is 0 Å². The Morgan fingerprint density at radius 1 is 1.32 bits per heavy atom. The molecule has 0 aliphatic rings. The van der Waals surface area contributed by atoms with Gasteiger partial charge in [-0.3, -0.25) is 4.68 Å². The van der Waals surface area contributed by atoms with Gasteiger partial charge in [0.05, 0.1) is 6.54 Å². The zero-order valence-electron chi connectivity index (χ0n) is 12.0. The zero-order chi connectivity index (χ0) is 13.7. The maximum Gasteiger partial charge on any atom is 0.102 e. The summed E-state index contributed by atoms with van der Waals surface area (Å²) < 4.78 is 3.90. The molecule has 5 heteroatoms. The molecular weight excluding hydrogens is 238 g/mol. The fraction of sp³-hybridized carbons (Fsp3) is 0.571. The van der Waals surface area contributed by atoms with Gasteiger partial charge in [0.25, 0.3) is 0 Å². The van der Waals surface area contributed by atoms with E-state index in [2.05, 4.69) is 52.5 Å². The van der Waals surface area contributed by atoms with Gasteiger partial charge < -0.3 is 9.88 Å². The lowest BCUT2D eigenvalue weighted by molar-refractivity contribution is 0.517. The molecule has 1 unspecified atom stereocenters. The van der Waals surface area contributed by atoms with Crippen LogP contribution in [0.25, 0.3) is 0 Å². The van der Waals surface area contributed by atoms with Crippen molar-refractivity contribution in [3.63, 3.8) is 0 Å². The molecule has 0 aliphatic heterocycles. The van der Waals surface area contributed by atoms with E-state index in [0.717, 1.165) is 31.6 Å². The minimum absolute atomic E-state index is 0.447. The summed E-state index contributed by atoms with van der Waals surface area (Å²) in [6.45, 7) is 6.25. The number of hydrogen-bond donors (Lipinski definition) is 1. The molecule has 2 aromatic rings. The highest BCUT2D eigenvalue weighted by atomic mass is 15.4. The summed E-state index contributed by atoms with van der Waals surface area (Å²) >= 11 is 0. The Labute approximate surface area is 114 Å². The second-order valence-electron chi connectivity index (χ2n) is 4.92. The Balaban J connectivity index is 2.01. The zero-order valence-corrected chi connectivity index (χ0v) is 12.0. The van der Waals surface area contributed by atoms with Crippen LogP contribution >= 0.6 is 0 Å². The molecule has 0 spiro atoms. The lowest BCUT2D eigenvalue weighted by atomic mass is 10.1. The molecule has 19 heavy (non-hydrogen) atoms. The van der Waals surface area contributed by atoms with Gasteiger partial charge in [0.15, 0.2) is 0 Å². The van der Waals surface area contributed by atoms with Crippen LogP contribution in [-0.2, 0) is 13.6 Å². The van der Waals surface area contributed by atoms with E-state index in [-0.39, 0.29) is 0 Å². The molecule has 0 aliphatic carbocycles. The SMILES string of the molecule is CCCNC(CC)c1ccn(Cc2cn(C)nn2)c1. The van der Waals surface area contributed by atoms with E-state index in [9.17, 15) is 0 Å². The van der Waals surface area contributed by atoms with Crippen LogP contribution < -0.4 is 5.32 Å². The molecule has 0 bridgehead atoms. The van der Waals surface area contributed by atoms with Crippen molar-refractivity contribution in [3.8, 4) is 0 Å². The van der Waals surface area contributed by atoms with Gasteiger partial charge in [-0.1, -0.05) is 19.1 Å². The average molecular weight is 261 g/mol. The monoisotopic (exact) mass is 261 g/mol. The van der Waals surface area contributed by atoms with Crippen LogP contribution in [-0.4, -0.2) is 26.1 Å². The molecule has 5 nitrogen and oxygen atoms in total. The quantitative estimate of drug-likeness (QED) is 0.830. The van der Waals surface area contributed by atoms with E-state index in [0.29, 0.717) is 6.04 Å². The first kappa shape index (κ1) is 13.8. The van der Waals surface area contributed by atoms with Crippen LogP contribution in [0.1, 0.15) is 44.0 Å². The molecule has 0 radical (unpaired) electrons. The normalized spacial score (nSPS) is 12.8. The molecule has 0 saturated heterocycles. The van der Waals surface area contributed by atoms with E-state index in [4.69, 9.17) is 0 Å². The standard InChI is InChI=1S/C14H23N5/c1-4-7-15-14(5-2)12-6-8-19(9-12)11-13-10-18(3)17-16-13/h6,8-10,14-15H,4-5,7,11H2,1-3H3. The van der Waals surface area contributed by atoms with Gasteiger partial charge in [-0.15, -0.1) is 5.10 Å². The number of rotatable bonds is 7. The summed E-state index contributed by atoms with van der Waals surface area (Å²) in [5.74, 6) is 0. The van der Waals surface area contributed by atoms with Crippen LogP contribution in [0, 0.1) is 0 Å². The first-order chi connectivity index (χ1) is 9.22. The van der Waals surface area contributed by atoms with Crippen molar-refractivity contribution in [2.24, 2.45) is 7.05 Å².